The Hall–Kier alpha value is -4.96. The Balaban J connectivity index is 1.32. The molecule has 38 heavy (non-hydrogen) atoms. The predicted molar refractivity (Wildman–Crippen MR) is 157 cm³/mol. The number of hydrogen-bond acceptors (Lipinski definition) is 2. The van der Waals surface area contributed by atoms with Crippen LogP contribution in [0.1, 0.15) is 0 Å². The summed E-state index contributed by atoms with van der Waals surface area (Å²) in [4.78, 5) is 0. The van der Waals surface area contributed by atoms with Crippen LogP contribution in [0.5, 0.6) is 11.5 Å². The monoisotopic (exact) mass is 483 g/mol. The molecule has 0 N–H and O–H groups in total. The Labute approximate surface area is 217 Å². The van der Waals surface area contributed by atoms with E-state index in [1.54, 1.807) is 0 Å². The van der Waals surface area contributed by atoms with Crippen LogP contribution in [0.4, 0.5) is 0 Å². The van der Waals surface area contributed by atoms with Crippen LogP contribution < -0.4 is 21.1 Å². The van der Waals surface area contributed by atoms with Crippen LogP contribution in [0.3, 0.4) is 0 Å². The summed E-state index contributed by atoms with van der Waals surface area (Å²) in [6, 6.07) is 39.1. The van der Waals surface area contributed by atoms with Crippen LogP contribution in [0.25, 0.3) is 60.2 Å². The fourth-order valence-electron chi connectivity index (χ4n) is 7.17. The maximum atomic E-state index is 6.60. The highest BCUT2D eigenvalue weighted by Crippen LogP contribution is 2.40. The molecule has 0 saturated heterocycles. The fraction of sp³-hybridized carbons (Fsp3) is 0. The molecule has 0 unspecified atom stereocenters. The van der Waals surface area contributed by atoms with Gasteiger partial charge in [-0.15, -0.1) is 0 Å². The van der Waals surface area contributed by atoms with Crippen LogP contribution in [-0.4, -0.2) is 11.3 Å². The van der Waals surface area contributed by atoms with Gasteiger partial charge < -0.3 is 13.7 Å². The van der Waals surface area contributed by atoms with Crippen LogP contribution in [0, 0.1) is 0 Å². The molecule has 0 aliphatic carbocycles. The number of benzene rings is 6. The van der Waals surface area contributed by atoms with Gasteiger partial charge in [0.25, 0.3) is 6.71 Å². The van der Waals surface area contributed by atoms with E-state index in [1.807, 2.05) is 0 Å². The molecule has 174 valence electrons. The van der Waals surface area contributed by atoms with E-state index >= 15 is 0 Å². The zero-order chi connectivity index (χ0) is 24.5. The minimum absolute atomic E-state index is 0.0740. The van der Waals surface area contributed by atoms with E-state index in [1.165, 1.54) is 59.7 Å². The van der Waals surface area contributed by atoms with E-state index in [0.29, 0.717) is 0 Å². The van der Waals surface area contributed by atoms with E-state index in [9.17, 15) is 0 Å². The van der Waals surface area contributed by atoms with Crippen molar-refractivity contribution in [3.05, 3.63) is 109 Å². The second-order valence-corrected chi connectivity index (χ2v) is 10.5. The highest BCUT2D eigenvalue weighted by Gasteiger charge is 2.39. The number of para-hydroxylation sites is 2. The first-order valence-corrected chi connectivity index (χ1v) is 13.1. The lowest BCUT2D eigenvalue weighted by atomic mass is 9.33. The second-order valence-electron chi connectivity index (χ2n) is 10.5. The summed E-state index contributed by atoms with van der Waals surface area (Å²) in [6.45, 7) is 0.0740. The summed E-state index contributed by atoms with van der Waals surface area (Å²) in [7, 11) is 0. The highest BCUT2D eigenvalue weighted by atomic mass is 16.5. The number of aromatic nitrogens is 1. The Morgan fingerprint density at radius 1 is 0.553 bits per heavy atom. The van der Waals surface area contributed by atoms with Gasteiger partial charge >= 0.3 is 0 Å². The van der Waals surface area contributed by atoms with Crippen molar-refractivity contribution in [1.82, 2.24) is 4.57 Å². The smallest absolute Gasteiger partial charge is 0.252 e. The molecule has 0 atom stereocenters. The van der Waals surface area contributed by atoms with Crippen molar-refractivity contribution in [2.24, 2.45) is 0 Å². The Morgan fingerprint density at radius 2 is 1.29 bits per heavy atom. The molecule has 0 bridgehead atoms. The molecule has 0 amide bonds. The molecule has 8 aromatic rings. The van der Waals surface area contributed by atoms with Gasteiger partial charge in [-0.2, -0.15) is 0 Å². The third kappa shape index (κ3) is 2.15. The molecular formula is C34H18BNO2. The number of furan rings is 1. The molecule has 6 aromatic carbocycles. The van der Waals surface area contributed by atoms with Crippen molar-refractivity contribution in [2.45, 2.75) is 0 Å². The third-order valence-electron chi connectivity index (χ3n) is 8.64. The highest BCUT2D eigenvalue weighted by molar-refractivity contribution is 7.01. The summed E-state index contributed by atoms with van der Waals surface area (Å²) in [5.74, 6) is 1.84. The SMILES string of the molecule is c1cc2c3c(c1)ccc1oc4ccc5c(c4c13)B2c1cc(-n2c3ccccc3c3ccccc32)ccc1O5. The minimum Gasteiger partial charge on any atom is -0.458 e. The molecule has 0 spiro atoms. The molecule has 3 nitrogen and oxygen atoms in total. The van der Waals surface area contributed by atoms with Crippen molar-refractivity contribution in [3.8, 4) is 17.2 Å². The van der Waals surface area contributed by atoms with Gasteiger partial charge in [-0.05, 0) is 70.2 Å². The van der Waals surface area contributed by atoms with Gasteiger partial charge in [-0.3, -0.25) is 0 Å². The van der Waals surface area contributed by atoms with Crippen LogP contribution in [-0.2, 0) is 0 Å². The van der Waals surface area contributed by atoms with Crippen molar-refractivity contribution in [3.63, 3.8) is 0 Å². The predicted octanol–water partition coefficient (Wildman–Crippen LogP) is 6.77. The molecule has 4 heteroatoms. The number of nitrogens with zero attached hydrogens (tertiary/aromatic N) is 1. The van der Waals surface area contributed by atoms with Gasteiger partial charge in [0, 0.05) is 27.2 Å². The third-order valence-corrected chi connectivity index (χ3v) is 8.64. The number of ether oxygens (including phenoxy) is 1. The average molecular weight is 483 g/mol. The lowest BCUT2D eigenvalue weighted by molar-refractivity contribution is 0.488. The summed E-state index contributed by atoms with van der Waals surface area (Å²) in [5, 5.41) is 7.49. The van der Waals surface area contributed by atoms with Gasteiger partial charge in [-0.1, -0.05) is 66.1 Å². The summed E-state index contributed by atoms with van der Waals surface area (Å²) < 4.78 is 15.3. The second kappa shape index (κ2) is 6.48. The van der Waals surface area contributed by atoms with Crippen molar-refractivity contribution < 1.29 is 9.15 Å². The lowest BCUT2D eigenvalue weighted by Gasteiger charge is -2.30. The first kappa shape index (κ1) is 19.2. The Morgan fingerprint density at radius 3 is 2.13 bits per heavy atom. The van der Waals surface area contributed by atoms with Crippen LogP contribution in [0.15, 0.2) is 114 Å². The summed E-state index contributed by atoms with van der Waals surface area (Å²) in [5.41, 5.74) is 9.16. The van der Waals surface area contributed by atoms with Gasteiger partial charge in [0.1, 0.15) is 22.7 Å². The molecule has 0 radical (unpaired) electrons. The van der Waals surface area contributed by atoms with E-state index in [-0.39, 0.29) is 6.71 Å². The Bertz CT molecular complexity index is 2290. The van der Waals surface area contributed by atoms with Crippen molar-refractivity contribution in [2.75, 3.05) is 0 Å². The first-order valence-electron chi connectivity index (χ1n) is 13.1. The lowest BCUT2D eigenvalue weighted by Crippen LogP contribution is -2.56. The van der Waals surface area contributed by atoms with Crippen molar-refractivity contribution in [1.29, 1.82) is 0 Å². The first-order chi connectivity index (χ1) is 18.8. The molecule has 2 aliphatic rings. The molecule has 2 aliphatic heterocycles. The van der Waals surface area contributed by atoms with Crippen molar-refractivity contribution >= 4 is 77.6 Å². The molecule has 0 saturated carbocycles. The van der Waals surface area contributed by atoms with E-state index < -0.39 is 0 Å². The fourth-order valence-corrected chi connectivity index (χ4v) is 7.17. The maximum Gasteiger partial charge on any atom is 0.252 e. The number of fused-ring (bicyclic) bond motifs is 6. The van der Waals surface area contributed by atoms with E-state index in [0.717, 1.165) is 28.4 Å². The van der Waals surface area contributed by atoms with Gasteiger partial charge in [0.15, 0.2) is 0 Å². The van der Waals surface area contributed by atoms with Gasteiger partial charge in [0.2, 0.25) is 0 Å². The zero-order valence-electron chi connectivity index (χ0n) is 20.2. The topological polar surface area (TPSA) is 27.3 Å². The molecular weight excluding hydrogens is 465 g/mol. The maximum absolute atomic E-state index is 6.60. The number of hydrogen-bond donors (Lipinski definition) is 0. The molecule has 2 aromatic heterocycles. The quantitative estimate of drug-likeness (QED) is 0.241. The van der Waals surface area contributed by atoms with E-state index in [4.69, 9.17) is 9.15 Å². The van der Waals surface area contributed by atoms with Gasteiger partial charge in [-0.25, -0.2) is 0 Å². The summed E-state index contributed by atoms with van der Waals surface area (Å²) in [6.07, 6.45) is 0. The Kier molecular flexibility index (Phi) is 3.27. The van der Waals surface area contributed by atoms with Gasteiger partial charge in [0.05, 0.1) is 11.0 Å². The van der Waals surface area contributed by atoms with Crippen LogP contribution >= 0.6 is 0 Å². The van der Waals surface area contributed by atoms with E-state index in [2.05, 4.69) is 114 Å². The normalized spacial score (nSPS) is 13.4. The standard InChI is InChI=1S/C34H18BNO2/c1-3-10-25-21(7-1)22-8-2-4-11-26(22)36(25)20-13-15-27-24(18-20)35-23-9-5-6-19-12-14-28-32(31(19)23)33-29(38-28)16-17-30(37-27)34(33)35/h1-18H. The molecule has 4 heterocycles. The van der Waals surface area contributed by atoms with Crippen LogP contribution in [0.2, 0.25) is 0 Å². The average Bonchev–Trinajstić information content (AvgIpc) is 3.52. The molecule has 0 fully saturated rings. The molecule has 10 rings (SSSR count). The largest absolute Gasteiger partial charge is 0.458 e. The number of rotatable bonds is 1. The zero-order valence-corrected chi connectivity index (χ0v) is 20.2. The summed E-state index contributed by atoms with van der Waals surface area (Å²) >= 11 is 0. The minimum atomic E-state index is 0.0740.